The minimum absolute atomic E-state index is 0.0329. The van der Waals surface area contributed by atoms with Crippen LogP contribution in [0, 0.1) is 0 Å². The molecule has 0 amide bonds. The number of hydrogen-bond donors (Lipinski definition) is 1. The molecule has 6 nitrogen and oxygen atoms in total. The molecule has 2 heterocycles. The topological polar surface area (TPSA) is 65.5 Å². The van der Waals surface area contributed by atoms with Crippen LogP contribution in [0.4, 0.5) is 5.82 Å². The molecule has 1 saturated heterocycles. The lowest BCUT2D eigenvalue weighted by Crippen LogP contribution is -2.26. The van der Waals surface area contributed by atoms with Crippen molar-refractivity contribution in [2.75, 3.05) is 25.1 Å². The third-order valence-corrected chi connectivity index (χ3v) is 2.51. The van der Waals surface area contributed by atoms with Gasteiger partial charge in [0.15, 0.2) is 5.79 Å². The van der Waals surface area contributed by atoms with Crippen LogP contribution >= 0.6 is 0 Å². The number of ether oxygens (including phenoxy) is 3. The Morgan fingerprint density at radius 2 is 2.33 bits per heavy atom. The van der Waals surface area contributed by atoms with Gasteiger partial charge >= 0.3 is 0 Å². The SMILES string of the molecule is CCOc1cc(NCC2COC(C)(C)O2)ncn1. The first kappa shape index (κ1) is 13.0. The van der Waals surface area contributed by atoms with Crippen LogP contribution in [0.5, 0.6) is 5.88 Å². The summed E-state index contributed by atoms with van der Waals surface area (Å²) in [6.45, 7) is 7.55. The third kappa shape index (κ3) is 3.54. The third-order valence-electron chi connectivity index (χ3n) is 2.51. The summed E-state index contributed by atoms with van der Waals surface area (Å²) >= 11 is 0. The molecular weight excluding hydrogens is 234 g/mol. The average molecular weight is 253 g/mol. The van der Waals surface area contributed by atoms with E-state index in [0.29, 0.717) is 25.6 Å². The Kier molecular flexibility index (Phi) is 3.98. The van der Waals surface area contributed by atoms with Crippen molar-refractivity contribution in [2.24, 2.45) is 0 Å². The lowest BCUT2D eigenvalue weighted by molar-refractivity contribution is -0.136. The fraction of sp³-hybridized carbons (Fsp3) is 0.667. The molecule has 1 aromatic heterocycles. The second-order valence-corrected chi connectivity index (χ2v) is 4.51. The van der Waals surface area contributed by atoms with Gasteiger partial charge < -0.3 is 19.5 Å². The van der Waals surface area contributed by atoms with E-state index in [1.165, 1.54) is 6.33 Å². The molecule has 100 valence electrons. The van der Waals surface area contributed by atoms with Crippen molar-refractivity contribution in [3.8, 4) is 5.88 Å². The molecule has 18 heavy (non-hydrogen) atoms. The van der Waals surface area contributed by atoms with E-state index in [1.54, 1.807) is 6.07 Å². The van der Waals surface area contributed by atoms with Gasteiger partial charge in [-0.05, 0) is 20.8 Å². The van der Waals surface area contributed by atoms with Gasteiger partial charge in [-0.1, -0.05) is 0 Å². The molecule has 0 radical (unpaired) electrons. The maximum atomic E-state index is 5.69. The van der Waals surface area contributed by atoms with E-state index in [1.807, 2.05) is 20.8 Å². The molecule has 1 aromatic rings. The molecule has 0 aromatic carbocycles. The molecular formula is C12H19N3O3. The molecule has 1 N–H and O–H groups in total. The smallest absolute Gasteiger partial charge is 0.218 e. The quantitative estimate of drug-likeness (QED) is 0.856. The largest absolute Gasteiger partial charge is 0.478 e. The highest BCUT2D eigenvalue weighted by molar-refractivity contribution is 5.37. The Morgan fingerprint density at radius 1 is 1.50 bits per heavy atom. The Balaban J connectivity index is 1.85. The van der Waals surface area contributed by atoms with Crippen molar-refractivity contribution in [1.82, 2.24) is 9.97 Å². The van der Waals surface area contributed by atoms with Crippen molar-refractivity contribution in [1.29, 1.82) is 0 Å². The Hall–Kier alpha value is -1.40. The summed E-state index contributed by atoms with van der Waals surface area (Å²) in [5, 5.41) is 3.19. The Morgan fingerprint density at radius 3 is 3.00 bits per heavy atom. The first-order chi connectivity index (χ1) is 8.59. The number of nitrogens with zero attached hydrogens (tertiary/aromatic N) is 2. The highest BCUT2D eigenvalue weighted by atomic mass is 16.7. The van der Waals surface area contributed by atoms with E-state index < -0.39 is 5.79 Å². The molecule has 1 unspecified atom stereocenters. The van der Waals surface area contributed by atoms with E-state index in [9.17, 15) is 0 Å². The average Bonchev–Trinajstić information content (AvgIpc) is 2.68. The molecule has 2 rings (SSSR count). The fourth-order valence-corrected chi connectivity index (χ4v) is 1.75. The van der Waals surface area contributed by atoms with E-state index in [4.69, 9.17) is 14.2 Å². The van der Waals surface area contributed by atoms with Crippen molar-refractivity contribution < 1.29 is 14.2 Å². The van der Waals surface area contributed by atoms with Gasteiger partial charge in [-0.25, -0.2) is 9.97 Å². The first-order valence-electron chi connectivity index (χ1n) is 6.09. The maximum Gasteiger partial charge on any atom is 0.218 e. The Labute approximate surface area is 107 Å². The summed E-state index contributed by atoms with van der Waals surface area (Å²) < 4.78 is 16.5. The highest BCUT2D eigenvalue weighted by Gasteiger charge is 2.32. The zero-order chi connectivity index (χ0) is 13.0. The fourth-order valence-electron chi connectivity index (χ4n) is 1.75. The predicted octanol–water partition coefficient (Wildman–Crippen LogP) is 1.44. The summed E-state index contributed by atoms with van der Waals surface area (Å²) in [6.07, 6.45) is 1.51. The molecule has 0 spiro atoms. The summed E-state index contributed by atoms with van der Waals surface area (Å²) in [7, 11) is 0. The maximum absolute atomic E-state index is 5.69. The van der Waals surface area contributed by atoms with Gasteiger partial charge in [0.05, 0.1) is 13.2 Å². The van der Waals surface area contributed by atoms with E-state index >= 15 is 0 Å². The minimum Gasteiger partial charge on any atom is -0.478 e. The van der Waals surface area contributed by atoms with Crippen LogP contribution in [0.2, 0.25) is 0 Å². The van der Waals surface area contributed by atoms with Gasteiger partial charge in [0.2, 0.25) is 5.88 Å². The van der Waals surface area contributed by atoms with E-state index in [0.717, 1.165) is 5.82 Å². The zero-order valence-electron chi connectivity index (χ0n) is 11.0. The summed E-state index contributed by atoms with van der Waals surface area (Å²) in [4.78, 5) is 8.12. The predicted molar refractivity (Wildman–Crippen MR) is 66.6 cm³/mol. The molecule has 6 heteroatoms. The molecule has 1 atom stereocenters. The van der Waals surface area contributed by atoms with Crippen molar-refractivity contribution in [3.63, 3.8) is 0 Å². The first-order valence-corrected chi connectivity index (χ1v) is 6.09. The second-order valence-electron chi connectivity index (χ2n) is 4.51. The molecule has 1 aliphatic heterocycles. The number of aromatic nitrogens is 2. The van der Waals surface area contributed by atoms with Gasteiger partial charge in [-0.15, -0.1) is 0 Å². The van der Waals surface area contributed by atoms with Crippen LogP contribution in [0.1, 0.15) is 20.8 Å². The normalized spacial score (nSPS) is 21.8. The zero-order valence-corrected chi connectivity index (χ0v) is 11.0. The Bertz CT molecular complexity index is 398. The molecule has 0 saturated carbocycles. The molecule has 1 aliphatic rings. The number of hydrogen-bond acceptors (Lipinski definition) is 6. The standard InChI is InChI=1S/C12H19N3O3/c1-4-16-11-5-10(14-8-15-11)13-6-9-7-17-12(2,3)18-9/h5,8-9H,4,6-7H2,1-3H3,(H,13,14,15). The van der Waals surface area contributed by atoms with Crippen LogP contribution in [0.3, 0.4) is 0 Å². The van der Waals surface area contributed by atoms with Crippen LogP contribution in [0.25, 0.3) is 0 Å². The van der Waals surface area contributed by atoms with E-state index in [-0.39, 0.29) is 6.10 Å². The summed E-state index contributed by atoms with van der Waals surface area (Å²) in [6, 6.07) is 1.77. The number of rotatable bonds is 5. The van der Waals surface area contributed by atoms with Crippen LogP contribution in [0.15, 0.2) is 12.4 Å². The van der Waals surface area contributed by atoms with Crippen LogP contribution in [-0.4, -0.2) is 41.6 Å². The molecule has 1 fully saturated rings. The lowest BCUT2D eigenvalue weighted by Gasteiger charge is -2.17. The van der Waals surface area contributed by atoms with Crippen molar-refractivity contribution in [2.45, 2.75) is 32.7 Å². The van der Waals surface area contributed by atoms with Crippen LogP contribution in [-0.2, 0) is 9.47 Å². The van der Waals surface area contributed by atoms with Crippen LogP contribution < -0.4 is 10.1 Å². The van der Waals surface area contributed by atoms with Crippen molar-refractivity contribution in [3.05, 3.63) is 12.4 Å². The minimum atomic E-state index is -0.492. The van der Waals surface area contributed by atoms with Gasteiger partial charge in [-0.3, -0.25) is 0 Å². The highest BCUT2D eigenvalue weighted by Crippen LogP contribution is 2.22. The molecule has 0 aliphatic carbocycles. The summed E-state index contributed by atoms with van der Waals surface area (Å²) in [5.74, 6) is 0.801. The van der Waals surface area contributed by atoms with Gasteiger partial charge in [0.1, 0.15) is 18.2 Å². The molecule has 0 bridgehead atoms. The second kappa shape index (κ2) is 5.49. The van der Waals surface area contributed by atoms with Gasteiger partial charge in [0.25, 0.3) is 0 Å². The number of nitrogens with one attached hydrogen (secondary N) is 1. The van der Waals surface area contributed by atoms with Gasteiger partial charge in [0, 0.05) is 12.6 Å². The lowest BCUT2D eigenvalue weighted by atomic mass is 10.3. The number of anilines is 1. The van der Waals surface area contributed by atoms with Crippen molar-refractivity contribution >= 4 is 5.82 Å². The summed E-state index contributed by atoms with van der Waals surface area (Å²) in [5.41, 5.74) is 0. The van der Waals surface area contributed by atoms with E-state index in [2.05, 4.69) is 15.3 Å². The monoisotopic (exact) mass is 253 g/mol. The van der Waals surface area contributed by atoms with Gasteiger partial charge in [-0.2, -0.15) is 0 Å².